The molecule has 0 aliphatic rings. The smallest absolute Gasteiger partial charge is 0.341 e. The third kappa shape index (κ3) is 5.39. The fraction of sp³-hybridized carbons (Fsp3) is 0.263. The first kappa shape index (κ1) is 19.1. The van der Waals surface area contributed by atoms with Crippen molar-refractivity contribution < 1.29 is 18.7 Å². The maximum Gasteiger partial charge on any atom is 0.341 e. The van der Waals surface area contributed by atoms with Crippen molar-refractivity contribution in [2.24, 2.45) is 0 Å². The third-order valence-corrected chi connectivity index (χ3v) is 4.25. The van der Waals surface area contributed by atoms with E-state index in [2.05, 4.69) is 21.2 Å². The van der Waals surface area contributed by atoms with Crippen LogP contribution in [0.15, 0.2) is 53.0 Å². The summed E-state index contributed by atoms with van der Waals surface area (Å²) in [4.78, 5) is 24.1. The molecule has 0 aliphatic carbocycles. The lowest BCUT2D eigenvalue weighted by Gasteiger charge is -2.17. The predicted octanol–water partition coefficient (Wildman–Crippen LogP) is 4.05. The van der Waals surface area contributed by atoms with Gasteiger partial charge in [-0.15, -0.1) is 0 Å². The Bertz CT molecular complexity index is 752. The van der Waals surface area contributed by atoms with E-state index in [1.54, 1.807) is 0 Å². The molecule has 2 aromatic rings. The summed E-state index contributed by atoms with van der Waals surface area (Å²) in [5.41, 5.74) is 0.893. The molecule has 2 aromatic carbocycles. The van der Waals surface area contributed by atoms with Crippen LogP contribution in [0.1, 0.15) is 35.7 Å². The molecule has 0 radical (unpaired) electrons. The number of carbonyl (C=O) groups excluding carboxylic acids is 2. The highest BCUT2D eigenvalue weighted by atomic mass is 79.9. The van der Waals surface area contributed by atoms with Gasteiger partial charge in [-0.3, -0.25) is 4.79 Å². The van der Waals surface area contributed by atoms with Crippen molar-refractivity contribution in [2.75, 3.05) is 6.54 Å². The molecule has 0 unspecified atom stereocenters. The largest absolute Gasteiger partial charge is 0.449 e. The Labute approximate surface area is 154 Å². The SMILES string of the molecule is C[C@H](OC(=O)c1ccc(Br)cc1F)C(=O)NC[C@H](C)c1ccccc1. The van der Waals surface area contributed by atoms with E-state index in [-0.39, 0.29) is 11.5 Å². The molecule has 2 atom stereocenters. The molecule has 0 bridgehead atoms. The average Bonchev–Trinajstić information content (AvgIpc) is 2.59. The van der Waals surface area contributed by atoms with Gasteiger partial charge in [-0.05, 0) is 36.6 Å². The quantitative estimate of drug-likeness (QED) is 0.734. The summed E-state index contributed by atoms with van der Waals surface area (Å²) >= 11 is 3.12. The number of halogens is 2. The van der Waals surface area contributed by atoms with Crippen molar-refractivity contribution in [3.63, 3.8) is 0 Å². The van der Waals surface area contributed by atoms with Gasteiger partial charge in [0.05, 0.1) is 5.56 Å². The molecule has 0 aromatic heterocycles. The van der Waals surface area contributed by atoms with Gasteiger partial charge in [0.2, 0.25) is 0 Å². The van der Waals surface area contributed by atoms with Gasteiger partial charge in [-0.1, -0.05) is 53.2 Å². The molecule has 1 N–H and O–H groups in total. The Morgan fingerprint density at radius 3 is 2.48 bits per heavy atom. The molecule has 132 valence electrons. The maximum atomic E-state index is 13.8. The Morgan fingerprint density at radius 2 is 1.84 bits per heavy atom. The van der Waals surface area contributed by atoms with Crippen LogP contribution in [0.2, 0.25) is 0 Å². The fourth-order valence-electron chi connectivity index (χ4n) is 2.23. The van der Waals surface area contributed by atoms with E-state index >= 15 is 0 Å². The van der Waals surface area contributed by atoms with E-state index in [1.165, 1.54) is 25.1 Å². The number of rotatable bonds is 6. The molecule has 0 saturated carbocycles. The second kappa shape index (κ2) is 8.76. The molecule has 4 nitrogen and oxygen atoms in total. The maximum absolute atomic E-state index is 13.8. The van der Waals surface area contributed by atoms with Gasteiger partial charge in [0.25, 0.3) is 5.91 Å². The van der Waals surface area contributed by atoms with E-state index in [0.29, 0.717) is 11.0 Å². The summed E-state index contributed by atoms with van der Waals surface area (Å²) < 4.78 is 19.3. The first-order valence-corrected chi connectivity index (χ1v) is 8.66. The standard InChI is InChI=1S/C19H19BrFNO3/c1-12(14-6-4-3-5-7-14)11-22-18(23)13(2)25-19(24)16-9-8-15(20)10-17(16)21/h3-10,12-13H,11H2,1-2H3,(H,22,23)/t12-,13-/m0/s1. The average molecular weight is 408 g/mol. The van der Waals surface area contributed by atoms with Crippen molar-refractivity contribution in [1.29, 1.82) is 0 Å². The van der Waals surface area contributed by atoms with Crippen LogP contribution in [0.4, 0.5) is 4.39 Å². The van der Waals surface area contributed by atoms with E-state index in [0.717, 1.165) is 5.56 Å². The molecule has 2 rings (SSSR count). The number of esters is 1. The number of ether oxygens (including phenoxy) is 1. The molecular weight excluding hydrogens is 389 g/mol. The minimum absolute atomic E-state index is 0.122. The first-order valence-electron chi connectivity index (χ1n) is 7.87. The third-order valence-electron chi connectivity index (χ3n) is 3.76. The molecule has 0 spiro atoms. The number of amides is 1. The fourth-order valence-corrected chi connectivity index (χ4v) is 2.56. The van der Waals surface area contributed by atoms with Crippen LogP contribution >= 0.6 is 15.9 Å². The predicted molar refractivity (Wildman–Crippen MR) is 96.8 cm³/mol. The van der Waals surface area contributed by atoms with Crippen molar-refractivity contribution >= 4 is 27.8 Å². The molecule has 0 fully saturated rings. The lowest BCUT2D eigenvalue weighted by Crippen LogP contribution is -2.37. The van der Waals surface area contributed by atoms with E-state index in [9.17, 15) is 14.0 Å². The van der Waals surface area contributed by atoms with E-state index < -0.39 is 23.8 Å². The topological polar surface area (TPSA) is 55.4 Å². The number of benzene rings is 2. The minimum atomic E-state index is -1.02. The van der Waals surface area contributed by atoms with Gasteiger partial charge in [0.15, 0.2) is 6.10 Å². The van der Waals surface area contributed by atoms with Gasteiger partial charge in [0, 0.05) is 11.0 Å². The highest BCUT2D eigenvalue weighted by Crippen LogP contribution is 2.17. The number of hydrogen-bond acceptors (Lipinski definition) is 3. The minimum Gasteiger partial charge on any atom is -0.449 e. The van der Waals surface area contributed by atoms with Crippen LogP contribution in [-0.2, 0) is 9.53 Å². The Morgan fingerprint density at radius 1 is 1.16 bits per heavy atom. The Balaban J connectivity index is 1.88. The zero-order valence-electron chi connectivity index (χ0n) is 14.0. The highest BCUT2D eigenvalue weighted by Gasteiger charge is 2.21. The zero-order valence-corrected chi connectivity index (χ0v) is 15.5. The highest BCUT2D eigenvalue weighted by molar-refractivity contribution is 9.10. The Kier molecular flexibility index (Phi) is 6.70. The summed E-state index contributed by atoms with van der Waals surface area (Å²) in [5, 5.41) is 2.74. The molecule has 0 heterocycles. The summed E-state index contributed by atoms with van der Waals surface area (Å²) in [6, 6.07) is 13.8. The normalized spacial score (nSPS) is 13.0. The lowest BCUT2D eigenvalue weighted by atomic mass is 10.0. The van der Waals surface area contributed by atoms with Crippen molar-refractivity contribution in [3.05, 3.63) is 69.9 Å². The van der Waals surface area contributed by atoms with Gasteiger partial charge in [0.1, 0.15) is 5.82 Å². The van der Waals surface area contributed by atoms with E-state index in [1.807, 2.05) is 37.3 Å². The number of nitrogens with one attached hydrogen (secondary N) is 1. The van der Waals surface area contributed by atoms with Gasteiger partial charge in [-0.25, -0.2) is 9.18 Å². The molecular formula is C19H19BrFNO3. The van der Waals surface area contributed by atoms with Crippen LogP contribution in [0.5, 0.6) is 0 Å². The summed E-state index contributed by atoms with van der Waals surface area (Å²) in [5.74, 6) is -1.88. The zero-order chi connectivity index (χ0) is 18.4. The number of hydrogen-bond donors (Lipinski definition) is 1. The van der Waals surface area contributed by atoms with Crippen molar-refractivity contribution in [3.8, 4) is 0 Å². The van der Waals surface area contributed by atoms with Gasteiger partial charge in [-0.2, -0.15) is 0 Å². The number of carbonyl (C=O) groups is 2. The van der Waals surface area contributed by atoms with Crippen LogP contribution in [0, 0.1) is 5.82 Å². The Hall–Kier alpha value is -2.21. The first-order chi connectivity index (χ1) is 11.9. The molecule has 0 aliphatic heterocycles. The second-order valence-electron chi connectivity index (χ2n) is 5.73. The summed E-state index contributed by atoms with van der Waals surface area (Å²) in [7, 11) is 0. The van der Waals surface area contributed by atoms with Crippen molar-refractivity contribution in [2.45, 2.75) is 25.9 Å². The van der Waals surface area contributed by atoms with Crippen LogP contribution in [0.3, 0.4) is 0 Å². The molecule has 25 heavy (non-hydrogen) atoms. The van der Waals surface area contributed by atoms with E-state index in [4.69, 9.17) is 4.74 Å². The lowest BCUT2D eigenvalue weighted by molar-refractivity contribution is -0.129. The van der Waals surface area contributed by atoms with Crippen LogP contribution in [0.25, 0.3) is 0 Å². The van der Waals surface area contributed by atoms with Crippen molar-refractivity contribution in [1.82, 2.24) is 5.32 Å². The van der Waals surface area contributed by atoms with Gasteiger partial charge < -0.3 is 10.1 Å². The molecule has 0 saturated heterocycles. The van der Waals surface area contributed by atoms with Crippen LogP contribution in [-0.4, -0.2) is 24.5 Å². The molecule has 1 amide bonds. The molecule has 6 heteroatoms. The van der Waals surface area contributed by atoms with Gasteiger partial charge >= 0.3 is 5.97 Å². The van der Waals surface area contributed by atoms with Crippen LogP contribution < -0.4 is 5.32 Å². The summed E-state index contributed by atoms with van der Waals surface area (Å²) in [6.45, 7) is 3.86. The monoisotopic (exact) mass is 407 g/mol. The second-order valence-corrected chi connectivity index (χ2v) is 6.64. The summed E-state index contributed by atoms with van der Waals surface area (Å²) in [6.07, 6.45) is -1.02.